The normalized spacial score (nSPS) is 12.1. The number of fused-ring (bicyclic) bond motifs is 13. The number of hydrogen-bond acceptors (Lipinski definition) is 2. The molecule has 59 heavy (non-hydrogen) atoms. The van der Waals surface area contributed by atoms with Gasteiger partial charge in [-0.25, -0.2) is 9.97 Å². The van der Waals surface area contributed by atoms with Crippen molar-refractivity contribution in [2.75, 3.05) is 0 Å². The summed E-state index contributed by atoms with van der Waals surface area (Å²) in [5.74, 6) is 0.639. The van der Waals surface area contributed by atoms with Gasteiger partial charge >= 0.3 is 0 Å². The molecule has 5 heteroatoms. The quantitative estimate of drug-likeness (QED) is 0.180. The molecule has 0 fully saturated rings. The number of rotatable bonds is 4. The van der Waals surface area contributed by atoms with Crippen molar-refractivity contribution in [2.24, 2.45) is 0 Å². The molecule has 0 spiro atoms. The first-order chi connectivity index (χ1) is 29.3. The Morgan fingerprint density at radius 1 is 0.322 bits per heavy atom. The van der Waals surface area contributed by atoms with Crippen LogP contribution in [0.15, 0.2) is 200 Å². The standard InChI is InChI=1S/C54H33N5/c1-3-17-36(18-4-1)50-53-51(43-30-28-35-16-9-10-22-40(35)52(43)58(53)38-20-5-2-6-21-38)56-54(55-50)59-45-26-14-12-24-42(45)49-47(59)32-31-46-48(49)41-23-11-13-25-44(41)57(46)39-29-27-34-15-7-8-19-37(34)33-39/h1-33H. The maximum Gasteiger partial charge on any atom is 0.235 e. The van der Waals surface area contributed by atoms with Gasteiger partial charge in [0.2, 0.25) is 5.95 Å². The van der Waals surface area contributed by atoms with Crippen LogP contribution in [-0.2, 0) is 0 Å². The van der Waals surface area contributed by atoms with Gasteiger partial charge in [-0.15, -0.1) is 0 Å². The van der Waals surface area contributed by atoms with E-state index in [9.17, 15) is 0 Å². The van der Waals surface area contributed by atoms with Crippen LogP contribution in [0.1, 0.15) is 0 Å². The number of aromatic nitrogens is 5. The molecule has 274 valence electrons. The molecule has 13 rings (SSSR count). The number of para-hydroxylation sites is 3. The zero-order valence-electron chi connectivity index (χ0n) is 31.8. The SMILES string of the molecule is c1ccc(-c2nc(-n3c4ccccc4c4c5c6ccccc6n(-c6ccc7ccccc7c6)c5ccc43)nc3c4ccc5ccccc5c4n(-c4ccccc4)c23)cc1. The maximum absolute atomic E-state index is 5.64. The van der Waals surface area contributed by atoms with E-state index in [0.29, 0.717) is 5.95 Å². The fraction of sp³-hybridized carbons (Fsp3) is 0. The molecule has 4 heterocycles. The monoisotopic (exact) mass is 751 g/mol. The summed E-state index contributed by atoms with van der Waals surface area (Å²) in [6.07, 6.45) is 0. The molecule has 4 aromatic heterocycles. The highest BCUT2D eigenvalue weighted by Crippen LogP contribution is 2.44. The average Bonchev–Trinajstić information content (AvgIpc) is 3.95. The minimum Gasteiger partial charge on any atom is -0.309 e. The van der Waals surface area contributed by atoms with Crippen molar-refractivity contribution < 1.29 is 0 Å². The lowest BCUT2D eigenvalue weighted by atomic mass is 10.1. The van der Waals surface area contributed by atoms with E-state index in [0.717, 1.165) is 66.5 Å². The molecule has 0 aliphatic carbocycles. The molecule has 0 bridgehead atoms. The summed E-state index contributed by atoms with van der Waals surface area (Å²) in [5.41, 5.74) is 11.6. The van der Waals surface area contributed by atoms with E-state index >= 15 is 0 Å². The van der Waals surface area contributed by atoms with E-state index in [4.69, 9.17) is 9.97 Å². The fourth-order valence-electron chi connectivity index (χ4n) is 9.70. The molecule has 9 aromatic carbocycles. The maximum atomic E-state index is 5.64. The van der Waals surface area contributed by atoms with E-state index < -0.39 is 0 Å². The number of benzene rings is 9. The molecule has 0 atom stereocenters. The van der Waals surface area contributed by atoms with Crippen LogP contribution >= 0.6 is 0 Å². The Hall–Kier alpha value is -8.02. The second-order valence-corrected chi connectivity index (χ2v) is 15.4. The number of nitrogens with zero attached hydrogens (tertiary/aromatic N) is 5. The molecule has 0 unspecified atom stereocenters. The van der Waals surface area contributed by atoms with E-state index in [2.05, 4.69) is 214 Å². The lowest BCUT2D eigenvalue weighted by molar-refractivity contribution is 1.01. The van der Waals surface area contributed by atoms with Crippen LogP contribution in [0, 0.1) is 0 Å². The molecule has 0 radical (unpaired) electrons. The number of hydrogen-bond donors (Lipinski definition) is 0. The van der Waals surface area contributed by atoms with Crippen LogP contribution in [0.2, 0.25) is 0 Å². The van der Waals surface area contributed by atoms with Crippen LogP contribution in [-0.4, -0.2) is 23.7 Å². The second kappa shape index (κ2) is 12.2. The Morgan fingerprint density at radius 2 is 0.898 bits per heavy atom. The Morgan fingerprint density at radius 3 is 1.64 bits per heavy atom. The van der Waals surface area contributed by atoms with Gasteiger partial charge < -0.3 is 9.13 Å². The predicted octanol–water partition coefficient (Wildman–Crippen LogP) is 13.7. The summed E-state index contributed by atoms with van der Waals surface area (Å²) in [4.78, 5) is 11.3. The van der Waals surface area contributed by atoms with Gasteiger partial charge in [-0.1, -0.05) is 146 Å². The molecule has 0 amide bonds. The van der Waals surface area contributed by atoms with Crippen molar-refractivity contribution in [1.82, 2.24) is 23.7 Å². The average molecular weight is 752 g/mol. The van der Waals surface area contributed by atoms with Crippen LogP contribution in [0.5, 0.6) is 0 Å². The van der Waals surface area contributed by atoms with E-state index in [-0.39, 0.29) is 0 Å². The fourth-order valence-corrected chi connectivity index (χ4v) is 9.70. The van der Waals surface area contributed by atoms with Crippen molar-refractivity contribution in [3.05, 3.63) is 200 Å². The van der Waals surface area contributed by atoms with Gasteiger partial charge in [-0.2, -0.15) is 0 Å². The van der Waals surface area contributed by atoms with Crippen molar-refractivity contribution in [3.8, 4) is 28.6 Å². The second-order valence-electron chi connectivity index (χ2n) is 15.4. The molecule has 0 saturated carbocycles. The lowest BCUT2D eigenvalue weighted by Gasteiger charge is -2.14. The third kappa shape index (κ3) is 4.55. The highest BCUT2D eigenvalue weighted by Gasteiger charge is 2.26. The molecule has 0 N–H and O–H groups in total. The smallest absolute Gasteiger partial charge is 0.235 e. The van der Waals surface area contributed by atoms with Crippen molar-refractivity contribution in [3.63, 3.8) is 0 Å². The zero-order valence-corrected chi connectivity index (χ0v) is 31.8. The molecule has 0 aliphatic rings. The first-order valence-corrected chi connectivity index (χ1v) is 20.1. The van der Waals surface area contributed by atoms with Gasteiger partial charge in [-0.05, 0) is 70.8 Å². The first kappa shape index (κ1) is 32.1. The minimum absolute atomic E-state index is 0.639. The zero-order chi connectivity index (χ0) is 38.6. The lowest BCUT2D eigenvalue weighted by Crippen LogP contribution is -2.05. The molecular formula is C54H33N5. The molecule has 0 aliphatic heterocycles. The summed E-state index contributed by atoms with van der Waals surface area (Å²) >= 11 is 0. The van der Waals surface area contributed by atoms with Gasteiger partial charge in [0.25, 0.3) is 0 Å². The van der Waals surface area contributed by atoms with Crippen LogP contribution in [0.3, 0.4) is 0 Å². The molecule has 0 saturated heterocycles. The van der Waals surface area contributed by atoms with Crippen molar-refractivity contribution in [2.45, 2.75) is 0 Å². The van der Waals surface area contributed by atoms with Crippen LogP contribution in [0.4, 0.5) is 0 Å². The molecular weight excluding hydrogens is 719 g/mol. The predicted molar refractivity (Wildman–Crippen MR) is 245 cm³/mol. The van der Waals surface area contributed by atoms with E-state index in [1.54, 1.807) is 0 Å². The van der Waals surface area contributed by atoms with Crippen LogP contribution in [0.25, 0.3) is 116 Å². The Bertz CT molecular complexity index is 3830. The highest BCUT2D eigenvalue weighted by molar-refractivity contribution is 6.29. The summed E-state index contributed by atoms with van der Waals surface area (Å²) in [6.45, 7) is 0. The Balaban J connectivity index is 1.17. The van der Waals surface area contributed by atoms with Gasteiger partial charge in [0.05, 0.1) is 33.1 Å². The topological polar surface area (TPSA) is 40.6 Å². The highest BCUT2D eigenvalue weighted by atomic mass is 15.2. The third-order valence-electron chi connectivity index (χ3n) is 12.2. The summed E-state index contributed by atoms with van der Waals surface area (Å²) in [7, 11) is 0. The van der Waals surface area contributed by atoms with Crippen LogP contribution < -0.4 is 0 Å². The van der Waals surface area contributed by atoms with Gasteiger partial charge in [0.15, 0.2) is 0 Å². The van der Waals surface area contributed by atoms with Gasteiger partial charge in [0, 0.05) is 49.3 Å². The van der Waals surface area contributed by atoms with Gasteiger partial charge in [-0.3, -0.25) is 4.57 Å². The van der Waals surface area contributed by atoms with Crippen molar-refractivity contribution >= 4 is 87.1 Å². The van der Waals surface area contributed by atoms with E-state index in [1.165, 1.54) is 43.2 Å². The Kier molecular flexibility index (Phi) is 6.66. The van der Waals surface area contributed by atoms with E-state index in [1.807, 2.05) is 0 Å². The molecule has 13 aromatic rings. The van der Waals surface area contributed by atoms with Gasteiger partial charge in [0.1, 0.15) is 11.2 Å². The minimum atomic E-state index is 0.639. The largest absolute Gasteiger partial charge is 0.309 e. The third-order valence-corrected chi connectivity index (χ3v) is 12.2. The Labute approximate surface area is 338 Å². The molecule has 5 nitrogen and oxygen atoms in total. The first-order valence-electron chi connectivity index (χ1n) is 20.1. The van der Waals surface area contributed by atoms with Crippen molar-refractivity contribution in [1.29, 1.82) is 0 Å². The summed E-state index contributed by atoms with van der Waals surface area (Å²) in [6, 6.07) is 71.7. The summed E-state index contributed by atoms with van der Waals surface area (Å²) in [5, 5.41) is 10.7. The summed E-state index contributed by atoms with van der Waals surface area (Å²) < 4.78 is 7.07.